The van der Waals surface area contributed by atoms with Crippen molar-refractivity contribution in [3.05, 3.63) is 65.7 Å². The third-order valence-corrected chi connectivity index (χ3v) is 3.45. The third-order valence-electron chi connectivity index (χ3n) is 3.45. The molecule has 2 aromatic rings. The van der Waals surface area contributed by atoms with E-state index in [-0.39, 0.29) is 31.5 Å². The molecule has 0 aromatic heterocycles. The molecule has 0 unspecified atom stereocenters. The van der Waals surface area contributed by atoms with Crippen LogP contribution < -0.4 is 11.5 Å². The highest BCUT2D eigenvalue weighted by Gasteiger charge is 2.23. The van der Waals surface area contributed by atoms with Crippen molar-refractivity contribution in [1.29, 1.82) is 0 Å². The summed E-state index contributed by atoms with van der Waals surface area (Å²) in [5.74, 6) is -0.421. The second-order valence-corrected chi connectivity index (χ2v) is 5.38. The maximum atomic E-state index is 12.4. The van der Waals surface area contributed by atoms with Crippen molar-refractivity contribution in [2.24, 2.45) is 0 Å². The minimum absolute atomic E-state index is 0. The van der Waals surface area contributed by atoms with Crippen LogP contribution in [0.4, 0.5) is 4.79 Å². The van der Waals surface area contributed by atoms with Gasteiger partial charge in [0, 0.05) is 6.42 Å². The summed E-state index contributed by atoms with van der Waals surface area (Å²) in [5.41, 5.74) is 1.63. The van der Waals surface area contributed by atoms with Crippen LogP contribution in [0, 0.1) is 0 Å². The molecule has 7 nitrogen and oxygen atoms in total. The van der Waals surface area contributed by atoms with Gasteiger partial charge in [-0.1, -0.05) is 42.5 Å². The largest absolute Gasteiger partial charge is 0.508 e. The van der Waals surface area contributed by atoms with Gasteiger partial charge in [-0.15, -0.1) is 0 Å². The van der Waals surface area contributed by atoms with E-state index in [2.05, 4.69) is 5.32 Å². The Bertz CT molecular complexity index is 689. The van der Waals surface area contributed by atoms with E-state index in [9.17, 15) is 14.7 Å². The quantitative estimate of drug-likeness (QED) is 0.653. The van der Waals surface area contributed by atoms with Gasteiger partial charge in [-0.25, -0.2) is 9.59 Å². The van der Waals surface area contributed by atoms with Gasteiger partial charge in [0.05, 0.1) is 6.61 Å². The standard InChI is InChI=1S/C19H21NO5.H3N/c1-2-24-19(23)20-17(12-14-8-10-16(21)11-9-14)18(22)25-13-15-6-4-3-5-7-15;/h3-11,17,21H,2,12-13H2,1H3,(H,20,23);1H3/t17-;/m0./s1. The predicted octanol–water partition coefficient (Wildman–Crippen LogP) is 2.95. The van der Waals surface area contributed by atoms with E-state index in [4.69, 9.17) is 9.47 Å². The Morgan fingerprint density at radius 1 is 1.00 bits per heavy atom. The Hall–Kier alpha value is -3.06. The average Bonchev–Trinajstić information content (AvgIpc) is 2.62. The number of carbonyl (C=O) groups is 2. The van der Waals surface area contributed by atoms with Crippen molar-refractivity contribution in [2.45, 2.75) is 26.0 Å². The van der Waals surface area contributed by atoms with E-state index in [1.807, 2.05) is 30.3 Å². The molecule has 0 bridgehead atoms. The average molecular weight is 360 g/mol. The predicted molar refractivity (Wildman–Crippen MR) is 97.0 cm³/mol. The maximum Gasteiger partial charge on any atom is 0.407 e. The molecule has 0 heterocycles. The molecule has 26 heavy (non-hydrogen) atoms. The fourth-order valence-corrected chi connectivity index (χ4v) is 2.21. The van der Waals surface area contributed by atoms with E-state index in [0.29, 0.717) is 0 Å². The fourth-order valence-electron chi connectivity index (χ4n) is 2.21. The van der Waals surface area contributed by atoms with E-state index in [0.717, 1.165) is 11.1 Å². The molecular weight excluding hydrogens is 336 g/mol. The first kappa shape index (κ1) is 21.0. The molecule has 0 fully saturated rings. The second-order valence-electron chi connectivity index (χ2n) is 5.38. The highest BCUT2D eigenvalue weighted by molar-refractivity contribution is 5.81. The molecule has 2 rings (SSSR count). The molecule has 5 N–H and O–H groups in total. The number of carbonyl (C=O) groups excluding carboxylic acids is 2. The summed E-state index contributed by atoms with van der Waals surface area (Å²) in [6.07, 6.45) is -0.449. The first-order valence-electron chi connectivity index (χ1n) is 8.00. The van der Waals surface area contributed by atoms with Crippen molar-refractivity contribution in [3.8, 4) is 5.75 Å². The monoisotopic (exact) mass is 360 g/mol. The van der Waals surface area contributed by atoms with Gasteiger partial charge in [-0.05, 0) is 30.2 Å². The lowest BCUT2D eigenvalue weighted by Crippen LogP contribution is -2.43. The molecule has 0 saturated heterocycles. The van der Waals surface area contributed by atoms with Crippen LogP contribution in [0.25, 0.3) is 0 Å². The Morgan fingerprint density at radius 3 is 2.27 bits per heavy atom. The van der Waals surface area contributed by atoms with Gasteiger partial charge in [0.2, 0.25) is 0 Å². The molecule has 2 aromatic carbocycles. The lowest BCUT2D eigenvalue weighted by molar-refractivity contribution is -0.147. The number of alkyl carbamates (subject to hydrolysis) is 1. The Morgan fingerprint density at radius 2 is 1.65 bits per heavy atom. The van der Waals surface area contributed by atoms with Crippen LogP contribution >= 0.6 is 0 Å². The molecule has 0 aliphatic carbocycles. The molecule has 1 amide bonds. The lowest BCUT2D eigenvalue weighted by Gasteiger charge is -2.17. The van der Waals surface area contributed by atoms with Crippen molar-refractivity contribution in [2.75, 3.05) is 6.61 Å². The minimum atomic E-state index is -0.882. The summed E-state index contributed by atoms with van der Waals surface area (Å²) in [6, 6.07) is 14.8. The van der Waals surface area contributed by atoms with Crippen molar-refractivity contribution < 1.29 is 24.2 Å². The molecule has 7 heteroatoms. The zero-order chi connectivity index (χ0) is 18.1. The topological polar surface area (TPSA) is 120 Å². The van der Waals surface area contributed by atoms with Gasteiger partial charge in [0.25, 0.3) is 0 Å². The van der Waals surface area contributed by atoms with Crippen LogP contribution in [0.15, 0.2) is 54.6 Å². The van der Waals surface area contributed by atoms with Gasteiger partial charge in [0.15, 0.2) is 0 Å². The van der Waals surface area contributed by atoms with Crippen LogP contribution in [0.5, 0.6) is 5.75 Å². The highest BCUT2D eigenvalue weighted by atomic mass is 16.6. The Kier molecular flexibility index (Phi) is 8.66. The van der Waals surface area contributed by atoms with Crippen LogP contribution in [0.2, 0.25) is 0 Å². The summed E-state index contributed by atoms with van der Waals surface area (Å²) < 4.78 is 10.2. The van der Waals surface area contributed by atoms with Gasteiger partial charge < -0.3 is 26.0 Å². The number of rotatable bonds is 7. The molecule has 140 valence electrons. The smallest absolute Gasteiger partial charge is 0.407 e. The van der Waals surface area contributed by atoms with Crippen molar-refractivity contribution >= 4 is 12.1 Å². The van der Waals surface area contributed by atoms with E-state index in [1.165, 1.54) is 12.1 Å². The van der Waals surface area contributed by atoms with E-state index < -0.39 is 18.1 Å². The Balaban J connectivity index is 0.00000338. The fraction of sp³-hybridized carbons (Fsp3) is 0.263. The number of ether oxygens (including phenoxy) is 2. The SMILES string of the molecule is CCOC(=O)N[C@@H](Cc1ccc(O)cc1)C(=O)OCc1ccccc1.N. The second kappa shape index (κ2) is 10.7. The number of aromatic hydroxyl groups is 1. The van der Waals surface area contributed by atoms with Crippen LogP contribution in [-0.4, -0.2) is 29.8 Å². The summed E-state index contributed by atoms with van der Waals surface area (Å²) in [6.45, 7) is 2.01. The number of phenolic OH excluding ortho intramolecular Hbond substituents is 1. The van der Waals surface area contributed by atoms with E-state index in [1.54, 1.807) is 19.1 Å². The lowest BCUT2D eigenvalue weighted by atomic mass is 10.1. The van der Waals surface area contributed by atoms with E-state index >= 15 is 0 Å². The molecule has 0 saturated carbocycles. The van der Waals surface area contributed by atoms with Gasteiger partial charge in [-0.3, -0.25) is 0 Å². The summed E-state index contributed by atoms with van der Waals surface area (Å²) in [7, 11) is 0. The van der Waals surface area contributed by atoms with Crippen LogP contribution in [0.3, 0.4) is 0 Å². The molecule has 0 radical (unpaired) electrons. The van der Waals surface area contributed by atoms with Crippen LogP contribution in [-0.2, 0) is 27.3 Å². The number of nitrogens with one attached hydrogen (secondary N) is 1. The molecule has 0 aliphatic rings. The summed E-state index contributed by atoms with van der Waals surface area (Å²) in [5, 5.41) is 11.9. The maximum absolute atomic E-state index is 12.4. The first-order valence-corrected chi connectivity index (χ1v) is 8.00. The van der Waals surface area contributed by atoms with Crippen LogP contribution in [0.1, 0.15) is 18.1 Å². The number of esters is 1. The zero-order valence-electron chi connectivity index (χ0n) is 14.7. The molecule has 0 aliphatic heterocycles. The summed E-state index contributed by atoms with van der Waals surface area (Å²) in [4.78, 5) is 24.1. The molecule has 1 atom stereocenters. The number of amides is 1. The Labute approximate surface area is 152 Å². The van der Waals surface area contributed by atoms with Crippen molar-refractivity contribution in [3.63, 3.8) is 0 Å². The zero-order valence-corrected chi connectivity index (χ0v) is 14.7. The number of hydrogen-bond acceptors (Lipinski definition) is 6. The van der Waals surface area contributed by atoms with Gasteiger partial charge in [-0.2, -0.15) is 0 Å². The van der Waals surface area contributed by atoms with Crippen molar-refractivity contribution in [1.82, 2.24) is 11.5 Å². The summed E-state index contributed by atoms with van der Waals surface area (Å²) >= 11 is 0. The van der Waals surface area contributed by atoms with Gasteiger partial charge >= 0.3 is 12.1 Å². The molecule has 0 spiro atoms. The minimum Gasteiger partial charge on any atom is -0.508 e. The number of phenols is 1. The normalized spacial score (nSPS) is 11.0. The first-order chi connectivity index (χ1) is 12.1. The highest BCUT2D eigenvalue weighted by Crippen LogP contribution is 2.12. The number of benzene rings is 2. The third kappa shape index (κ3) is 6.82. The molecular formula is C19H24N2O5. The van der Waals surface area contributed by atoms with Gasteiger partial charge in [0.1, 0.15) is 18.4 Å². The number of hydrogen-bond donors (Lipinski definition) is 3.